The maximum Gasteiger partial charge on any atom is 0.137 e. The summed E-state index contributed by atoms with van der Waals surface area (Å²) in [7, 11) is 0. The summed E-state index contributed by atoms with van der Waals surface area (Å²) in [6.45, 7) is 6.34. The van der Waals surface area contributed by atoms with Gasteiger partial charge in [0.2, 0.25) is 0 Å². The molecular weight excluding hydrogens is 283 g/mol. The Morgan fingerprint density at radius 1 is 1.35 bits per heavy atom. The summed E-state index contributed by atoms with van der Waals surface area (Å²) in [5.41, 5.74) is 1.96. The molecule has 1 saturated heterocycles. The number of hydrogen-bond acceptors (Lipinski definition) is 2. The van der Waals surface area contributed by atoms with E-state index in [0.29, 0.717) is 4.47 Å². The van der Waals surface area contributed by atoms with Gasteiger partial charge < -0.3 is 10.2 Å². The molecule has 1 aromatic rings. The molecule has 1 N–H and O–H groups in total. The molecule has 0 spiro atoms. The molecule has 0 radical (unpaired) electrons. The molecule has 94 valence electrons. The quantitative estimate of drug-likeness (QED) is 0.917. The molecule has 0 aromatic heterocycles. The molecule has 1 aliphatic heterocycles. The topological polar surface area (TPSA) is 15.3 Å². The van der Waals surface area contributed by atoms with Crippen LogP contribution in [-0.2, 0) is 0 Å². The molecule has 17 heavy (non-hydrogen) atoms. The molecule has 0 unspecified atom stereocenters. The smallest absolute Gasteiger partial charge is 0.137 e. The fraction of sp³-hybridized carbons (Fsp3) is 0.538. The predicted molar refractivity (Wildman–Crippen MR) is 73.0 cm³/mol. The molecule has 1 aromatic carbocycles. The van der Waals surface area contributed by atoms with Gasteiger partial charge in [0.25, 0.3) is 0 Å². The van der Waals surface area contributed by atoms with Gasteiger partial charge in [-0.25, -0.2) is 4.39 Å². The Hall–Kier alpha value is -0.610. The highest BCUT2D eigenvalue weighted by molar-refractivity contribution is 9.10. The minimum absolute atomic E-state index is 0.201. The molecule has 0 aliphatic carbocycles. The number of aryl methyl sites for hydroxylation is 1. The van der Waals surface area contributed by atoms with E-state index in [9.17, 15) is 4.39 Å². The third-order valence-electron chi connectivity index (χ3n) is 3.21. The van der Waals surface area contributed by atoms with Crippen molar-refractivity contribution in [3.63, 3.8) is 0 Å². The van der Waals surface area contributed by atoms with Gasteiger partial charge in [-0.2, -0.15) is 0 Å². The molecular formula is C13H18BrFN2. The van der Waals surface area contributed by atoms with Crippen LogP contribution in [0, 0.1) is 12.7 Å². The van der Waals surface area contributed by atoms with Gasteiger partial charge in [0.05, 0.1) is 4.47 Å². The second-order valence-corrected chi connectivity index (χ2v) is 5.41. The zero-order valence-electron chi connectivity index (χ0n) is 10.1. The molecule has 0 saturated carbocycles. The normalized spacial score (nSPS) is 16.4. The molecule has 2 rings (SSSR count). The number of benzene rings is 1. The van der Waals surface area contributed by atoms with E-state index in [1.165, 1.54) is 25.9 Å². The van der Waals surface area contributed by atoms with Crippen molar-refractivity contribution in [1.82, 2.24) is 4.90 Å². The van der Waals surface area contributed by atoms with E-state index in [2.05, 4.69) is 26.1 Å². The second-order valence-electron chi connectivity index (χ2n) is 4.56. The van der Waals surface area contributed by atoms with Crippen LogP contribution in [0.1, 0.15) is 18.4 Å². The van der Waals surface area contributed by atoms with Crippen LogP contribution in [0.4, 0.5) is 10.1 Å². The van der Waals surface area contributed by atoms with E-state index in [0.717, 1.165) is 24.3 Å². The molecule has 2 nitrogen and oxygen atoms in total. The van der Waals surface area contributed by atoms with Gasteiger partial charge in [0.15, 0.2) is 0 Å². The Balaban J connectivity index is 1.87. The lowest BCUT2D eigenvalue weighted by Gasteiger charge is -2.16. The fourth-order valence-corrected chi connectivity index (χ4v) is 2.54. The summed E-state index contributed by atoms with van der Waals surface area (Å²) in [6.07, 6.45) is 2.64. The van der Waals surface area contributed by atoms with Crippen LogP contribution in [0.2, 0.25) is 0 Å². The maximum absolute atomic E-state index is 13.2. The van der Waals surface area contributed by atoms with Crippen LogP contribution < -0.4 is 5.32 Å². The molecule has 4 heteroatoms. The lowest BCUT2D eigenvalue weighted by molar-refractivity contribution is 0.352. The Kier molecular flexibility index (Phi) is 4.40. The Labute approximate surface area is 110 Å². The third kappa shape index (κ3) is 3.42. The van der Waals surface area contributed by atoms with E-state index in [1.807, 2.05) is 13.0 Å². The average Bonchev–Trinajstić information content (AvgIpc) is 2.78. The van der Waals surface area contributed by atoms with Crippen molar-refractivity contribution < 1.29 is 4.39 Å². The molecule has 1 aliphatic rings. The van der Waals surface area contributed by atoms with Gasteiger partial charge in [-0.05, 0) is 66.5 Å². The first-order valence-corrected chi connectivity index (χ1v) is 6.88. The third-order valence-corrected chi connectivity index (χ3v) is 3.82. The fourth-order valence-electron chi connectivity index (χ4n) is 2.19. The monoisotopic (exact) mass is 300 g/mol. The standard InChI is InChI=1S/C13H18BrFN2/c1-10-8-12(15)11(14)9-13(10)16-4-7-17-5-2-3-6-17/h8-9,16H,2-7H2,1H3. The van der Waals surface area contributed by atoms with Gasteiger partial charge in [-0.15, -0.1) is 0 Å². The first-order valence-electron chi connectivity index (χ1n) is 6.08. The van der Waals surface area contributed by atoms with Gasteiger partial charge in [0.1, 0.15) is 5.82 Å². The minimum atomic E-state index is -0.201. The van der Waals surface area contributed by atoms with E-state index in [1.54, 1.807) is 6.07 Å². The summed E-state index contributed by atoms with van der Waals surface area (Å²) < 4.78 is 13.8. The summed E-state index contributed by atoms with van der Waals surface area (Å²) >= 11 is 3.21. The van der Waals surface area contributed by atoms with Crippen molar-refractivity contribution in [3.8, 4) is 0 Å². The minimum Gasteiger partial charge on any atom is -0.384 e. The number of anilines is 1. The van der Waals surface area contributed by atoms with Crippen LogP contribution in [0.3, 0.4) is 0 Å². The first-order chi connectivity index (χ1) is 8.16. The number of rotatable bonds is 4. The summed E-state index contributed by atoms with van der Waals surface area (Å²) in [5.74, 6) is -0.201. The second kappa shape index (κ2) is 5.83. The number of nitrogens with zero attached hydrogens (tertiary/aromatic N) is 1. The number of nitrogens with one attached hydrogen (secondary N) is 1. The average molecular weight is 301 g/mol. The highest BCUT2D eigenvalue weighted by Crippen LogP contribution is 2.24. The summed E-state index contributed by atoms with van der Waals surface area (Å²) in [5, 5.41) is 3.37. The largest absolute Gasteiger partial charge is 0.384 e. The zero-order valence-corrected chi connectivity index (χ0v) is 11.7. The van der Waals surface area contributed by atoms with Crippen molar-refractivity contribution in [1.29, 1.82) is 0 Å². The van der Waals surface area contributed by atoms with E-state index < -0.39 is 0 Å². The van der Waals surface area contributed by atoms with Crippen LogP contribution in [0.5, 0.6) is 0 Å². The van der Waals surface area contributed by atoms with Crippen molar-refractivity contribution in [2.75, 3.05) is 31.5 Å². The number of hydrogen-bond donors (Lipinski definition) is 1. The lowest BCUT2D eigenvalue weighted by Crippen LogP contribution is -2.26. The predicted octanol–water partition coefficient (Wildman–Crippen LogP) is 3.40. The highest BCUT2D eigenvalue weighted by atomic mass is 79.9. The van der Waals surface area contributed by atoms with Gasteiger partial charge in [-0.1, -0.05) is 0 Å². The molecule has 1 fully saturated rings. The zero-order chi connectivity index (χ0) is 12.3. The number of likely N-dealkylation sites (tertiary alicyclic amines) is 1. The maximum atomic E-state index is 13.2. The lowest BCUT2D eigenvalue weighted by atomic mass is 10.2. The SMILES string of the molecule is Cc1cc(F)c(Br)cc1NCCN1CCCC1. The van der Waals surface area contributed by atoms with Crippen molar-refractivity contribution in [2.45, 2.75) is 19.8 Å². The van der Waals surface area contributed by atoms with Crippen molar-refractivity contribution in [2.24, 2.45) is 0 Å². The van der Waals surface area contributed by atoms with Crippen LogP contribution in [0.25, 0.3) is 0 Å². The summed E-state index contributed by atoms with van der Waals surface area (Å²) in [4.78, 5) is 2.46. The van der Waals surface area contributed by atoms with Crippen LogP contribution in [0.15, 0.2) is 16.6 Å². The van der Waals surface area contributed by atoms with Crippen molar-refractivity contribution in [3.05, 3.63) is 28.0 Å². The first kappa shape index (κ1) is 12.8. The molecule has 1 heterocycles. The Morgan fingerprint density at radius 3 is 2.76 bits per heavy atom. The van der Waals surface area contributed by atoms with Gasteiger partial charge in [0, 0.05) is 18.8 Å². The van der Waals surface area contributed by atoms with E-state index in [4.69, 9.17) is 0 Å². The van der Waals surface area contributed by atoms with Crippen molar-refractivity contribution >= 4 is 21.6 Å². The molecule has 0 atom stereocenters. The molecule has 0 amide bonds. The van der Waals surface area contributed by atoms with Gasteiger partial charge >= 0.3 is 0 Å². The molecule has 0 bridgehead atoms. The van der Waals surface area contributed by atoms with Crippen LogP contribution in [-0.4, -0.2) is 31.1 Å². The van der Waals surface area contributed by atoms with E-state index >= 15 is 0 Å². The Morgan fingerprint density at radius 2 is 2.06 bits per heavy atom. The number of halogens is 2. The van der Waals surface area contributed by atoms with Crippen LogP contribution >= 0.6 is 15.9 Å². The Bertz CT molecular complexity index is 389. The summed E-state index contributed by atoms with van der Waals surface area (Å²) in [6, 6.07) is 3.37. The van der Waals surface area contributed by atoms with Gasteiger partial charge in [-0.3, -0.25) is 0 Å². The van der Waals surface area contributed by atoms with E-state index in [-0.39, 0.29) is 5.82 Å². The highest BCUT2D eigenvalue weighted by Gasteiger charge is 2.11.